The molecule has 1 heterocycles. The van der Waals surface area contributed by atoms with Gasteiger partial charge in [0.25, 0.3) is 0 Å². The molecular weight excluding hydrogens is 358 g/mol. The van der Waals surface area contributed by atoms with Crippen LogP contribution in [0.4, 0.5) is 5.82 Å². The number of hydrogen-bond acceptors (Lipinski definition) is 4. The summed E-state index contributed by atoms with van der Waals surface area (Å²) in [4.78, 5) is 4.57. The van der Waals surface area contributed by atoms with Gasteiger partial charge in [0.1, 0.15) is 5.82 Å². The van der Waals surface area contributed by atoms with Gasteiger partial charge >= 0.3 is 0 Å². The van der Waals surface area contributed by atoms with E-state index in [9.17, 15) is 8.42 Å². The van der Waals surface area contributed by atoms with Crippen molar-refractivity contribution in [2.24, 2.45) is 5.92 Å². The normalized spacial score (nSPS) is 20.4. The number of aryl methyl sites for hydroxylation is 1. The van der Waals surface area contributed by atoms with Crippen LogP contribution in [-0.4, -0.2) is 31.7 Å². The van der Waals surface area contributed by atoms with Crippen molar-refractivity contribution in [1.29, 1.82) is 0 Å². The summed E-state index contributed by atoms with van der Waals surface area (Å²) in [5.74, 6) is 1.48. The van der Waals surface area contributed by atoms with Crippen LogP contribution in [0.2, 0.25) is 0 Å². The van der Waals surface area contributed by atoms with Gasteiger partial charge in [0.2, 0.25) is 10.0 Å². The second kappa shape index (κ2) is 8.85. The number of nitrogens with zero attached hydrogens (tertiary/aromatic N) is 1. The molecule has 1 aromatic heterocycles. The van der Waals surface area contributed by atoms with Crippen LogP contribution in [0.5, 0.6) is 0 Å². The Kier molecular flexibility index (Phi) is 6.50. The van der Waals surface area contributed by atoms with Crippen molar-refractivity contribution in [3.63, 3.8) is 0 Å². The molecule has 1 fully saturated rings. The fourth-order valence-electron chi connectivity index (χ4n) is 3.54. The first-order valence-corrected chi connectivity index (χ1v) is 11.4. The lowest BCUT2D eigenvalue weighted by molar-refractivity contribution is 0.337. The van der Waals surface area contributed by atoms with E-state index in [0.717, 1.165) is 37.1 Å². The lowest BCUT2D eigenvalue weighted by Crippen LogP contribution is -2.34. The van der Waals surface area contributed by atoms with E-state index in [-0.39, 0.29) is 5.75 Å². The van der Waals surface area contributed by atoms with Gasteiger partial charge in [0.15, 0.2) is 0 Å². The topological polar surface area (TPSA) is 71.1 Å². The Morgan fingerprint density at radius 1 is 1.07 bits per heavy atom. The van der Waals surface area contributed by atoms with Crippen molar-refractivity contribution in [1.82, 2.24) is 9.71 Å². The highest BCUT2D eigenvalue weighted by Gasteiger charge is 2.22. The molecule has 1 aliphatic rings. The first-order chi connectivity index (χ1) is 12.9. The van der Waals surface area contributed by atoms with Crippen LogP contribution >= 0.6 is 0 Å². The number of nitrogens with one attached hydrogen (secondary N) is 2. The largest absolute Gasteiger partial charge is 0.367 e. The molecule has 3 rings (SSSR count). The van der Waals surface area contributed by atoms with Crippen LogP contribution in [0.25, 0.3) is 11.1 Å². The van der Waals surface area contributed by atoms with Gasteiger partial charge < -0.3 is 5.32 Å². The van der Waals surface area contributed by atoms with E-state index in [0.29, 0.717) is 18.5 Å². The van der Waals surface area contributed by atoms with E-state index in [1.807, 2.05) is 12.3 Å². The summed E-state index contributed by atoms with van der Waals surface area (Å²) in [5.41, 5.74) is 3.55. The number of anilines is 1. The fourth-order valence-corrected chi connectivity index (χ4v) is 4.24. The van der Waals surface area contributed by atoms with Crippen molar-refractivity contribution in [2.75, 3.05) is 17.6 Å². The summed E-state index contributed by atoms with van der Waals surface area (Å²) in [5, 5.41) is 3.53. The maximum absolute atomic E-state index is 11.6. The molecule has 0 aliphatic heterocycles. The first kappa shape index (κ1) is 19.8. The summed E-state index contributed by atoms with van der Waals surface area (Å²) in [6.07, 6.45) is 6.07. The van der Waals surface area contributed by atoms with E-state index < -0.39 is 10.0 Å². The molecule has 0 amide bonds. The quantitative estimate of drug-likeness (QED) is 0.754. The number of pyridine rings is 1. The minimum atomic E-state index is -3.09. The Bertz CT molecular complexity index is 842. The Morgan fingerprint density at radius 3 is 2.48 bits per heavy atom. The van der Waals surface area contributed by atoms with Gasteiger partial charge in [-0.05, 0) is 63.1 Å². The van der Waals surface area contributed by atoms with Crippen LogP contribution < -0.4 is 10.0 Å². The molecule has 2 N–H and O–H groups in total. The molecule has 5 nitrogen and oxygen atoms in total. The number of sulfonamides is 1. The fraction of sp³-hybridized carbons (Fsp3) is 0.476. The summed E-state index contributed by atoms with van der Waals surface area (Å²) < 4.78 is 25.8. The molecule has 0 bridgehead atoms. The third-order valence-electron chi connectivity index (χ3n) is 5.29. The van der Waals surface area contributed by atoms with Crippen molar-refractivity contribution in [3.05, 3.63) is 48.2 Å². The second-order valence-corrected chi connectivity index (χ2v) is 9.51. The predicted molar refractivity (Wildman–Crippen MR) is 111 cm³/mol. The Hall–Kier alpha value is -1.92. The van der Waals surface area contributed by atoms with E-state index in [4.69, 9.17) is 0 Å². The molecular formula is C21H29N3O2S. The van der Waals surface area contributed by atoms with Gasteiger partial charge in [-0.15, -0.1) is 0 Å². The molecule has 1 aliphatic carbocycles. The standard InChI is InChI=1S/C21H29N3O2S/c1-3-27(25,26)23-14-17-7-10-20(11-8-17)24-21-12-9-19(15-22-21)18-6-4-5-16(2)13-18/h4-6,9,12-13,15,17,20,23H,3,7-8,10-11,14H2,1-2H3,(H,22,24). The van der Waals surface area contributed by atoms with Crippen molar-refractivity contribution < 1.29 is 8.42 Å². The van der Waals surface area contributed by atoms with E-state index in [2.05, 4.69) is 52.3 Å². The van der Waals surface area contributed by atoms with Crippen molar-refractivity contribution in [2.45, 2.75) is 45.6 Å². The number of aromatic nitrogens is 1. The van der Waals surface area contributed by atoms with Crippen LogP contribution in [-0.2, 0) is 10.0 Å². The van der Waals surface area contributed by atoms with Gasteiger partial charge in [0, 0.05) is 24.3 Å². The molecule has 27 heavy (non-hydrogen) atoms. The zero-order valence-corrected chi connectivity index (χ0v) is 16.9. The molecule has 1 saturated carbocycles. The molecule has 0 atom stereocenters. The summed E-state index contributed by atoms with van der Waals surface area (Å²) >= 11 is 0. The Balaban J connectivity index is 1.49. The number of benzene rings is 1. The van der Waals surface area contributed by atoms with E-state index in [1.54, 1.807) is 6.92 Å². The van der Waals surface area contributed by atoms with Crippen LogP contribution in [0.3, 0.4) is 0 Å². The molecule has 0 radical (unpaired) electrons. The summed E-state index contributed by atoms with van der Waals surface area (Å²) in [6.45, 7) is 4.32. The average Bonchev–Trinajstić information content (AvgIpc) is 2.68. The monoisotopic (exact) mass is 387 g/mol. The lowest BCUT2D eigenvalue weighted by atomic mass is 9.86. The van der Waals surface area contributed by atoms with Crippen molar-refractivity contribution in [3.8, 4) is 11.1 Å². The summed E-state index contributed by atoms with van der Waals surface area (Å²) in [6, 6.07) is 13.0. The molecule has 0 saturated heterocycles. The minimum Gasteiger partial charge on any atom is -0.367 e. The van der Waals surface area contributed by atoms with Crippen LogP contribution in [0.1, 0.15) is 38.2 Å². The van der Waals surface area contributed by atoms with Gasteiger partial charge in [-0.3, -0.25) is 0 Å². The first-order valence-electron chi connectivity index (χ1n) is 9.72. The number of rotatable bonds is 7. The molecule has 0 unspecified atom stereocenters. The van der Waals surface area contributed by atoms with Gasteiger partial charge in [0.05, 0.1) is 5.75 Å². The van der Waals surface area contributed by atoms with Gasteiger partial charge in [-0.25, -0.2) is 18.1 Å². The average molecular weight is 388 g/mol. The SMILES string of the molecule is CCS(=O)(=O)NCC1CCC(Nc2ccc(-c3cccc(C)c3)cn2)CC1. The maximum Gasteiger partial charge on any atom is 0.211 e. The Labute approximate surface area is 162 Å². The molecule has 146 valence electrons. The van der Waals surface area contributed by atoms with Crippen LogP contribution in [0, 0.1) is 12.8 Å². The van der Waals surface area contributed by atoms with Crippen molar-refractivity contribution >= 4 is 15.8 Å². The third-order valence-corrected chi connectivity index (χ3v) is 6.65. The van der Waals surface area contributed by atoms with Gasteiger partial charge in [-0.1, -0.05) is 29.8 Å². The zero-order valence-electron chi connectivity index (χ0n) is 16.1. The lowest BCUT2D eigenvalue weighted by Gasteiger charge is -2.29. The predicted octanol–water partition coefficient (Wildman–Crippen LogP) is 3.97. The highest BCUT2D eigenvalue weighted by atomic mass is 32.2. The van der Waals surface area contributed by atoms with E-state index >= 15 is 0 Å². The number of hydrogen-bond donors (Lipinski definition) is 2. The highest BCUT2D eigenvalue weighted by Crippen LogP contribution is 2.27. The summed E-state index contributed by atoms with van der Waals surface area (Å²) in [7, 11) is -3.09. The smallest absolute Gasteiger partial charge is 0.211 e. The van der Waals surface area contributed by atoms with E-state index in [1.165, 1.54) is 11.1 Å². The highest BCUT2D eigenvalue weighted by molar-refractivity contribution is 7.89. The maximum atomic E-state index is 11.6. The van der Waals surface area contributed by atoms with Crippen LogP contribution in [0.15, 0.2) is 42.6 Å². The zero-order chi connectivity index (χ0) is 19.3. The minimum absolute atomic E-state index is 0.147. The molecule has 6 heteroatoms. The molecule has 0 spiro atoms. The Morgan fingerprint density at radius 2 is 1.85 bits per heavy atom. The molecule has 1 aromatic carbocycles. The molecule has 2 aromatic rings. The van der Waals surface area contributed by atoms with Gasteiger partial charge in [-0.2, -0.15) is 0 Å². The second-order valence-electron chi connectivity index (χ2n) is 7.42. The third kappa shape index (κ3) is 5.78.